The number of aliphatic hydroxyl groups excluding tert-OH is 1. The van der Waals surface area contributed by atoms with E-state index < -0.39 is 6.10 Å². The molecule has 0 bridgehead atoms. The number of pyridine rings is 1. The quantitative estimate of drug-likeness (QED) is 0.895. The Morgan fingerprint density at radius 2 is 2.33 bits per heavy atom. The number of ether oxygens (including phenoxy) is 1. The molecule has 1 N–H and O–H groups in total. The van der Waals surface area contributed by atoms with Crippen LogP contribution >= 0.6 is 11.6 Å². The summed E-state index contributed by atoms with van der Waals surface area (Å²) in [6, 6.07) is 1.82. The van der Waals surface area contributed by atoms with E-state index in [-0.39, 0.29) is 11.5 Å². The number of rotatable bonds is 2. The molecule has 3 rings (SSSR count). The Labute approximate surface area is 112 Å². The number of aromatic nitrogens is 1. The average molecular weight is 268 g/mol. The van der Waals surface area contributed by atoms with E-state index in [0.29, 0.717) is 5.02 Å². The number of aliphatic hydroxyl groups is 1. The third kappa shape index (κ3) is 2.15. The van der Waals surface area contributed by atoms with Crippen molar-refractivity contribution in [2.45, 2.75) is 43.8 Å². The largest absolute Gasteiger partial charge is 0.388 e. The Kier molecular flexibility index (Phi) is 3.31. The molecular formula is C14H18ClNO2. The smallest absolute Gasteiger partial charge is 0.0835 e. The molecule has 4 heteroatoms. The van der Waals surface area contributed by atoms with Crippen LogP contribution < -0.4 is 0 Å². The molecule has 2 heterocycles. The van der Waals surface area contributed by atoms with E-state index in [2.05, 4.69) is 4.98 Å². The molecule has 98 valence electrons. The maximum absolute atomic E-state index is 10.5. The number of halogens is 1. The standard InChI is InChI=1S/C14H18ClNO2/c15-12-9-16-6-2-11(12)13(17)10-3-7-18-14(8-10)4-1-5-14/h2,6,9-10,13,17H,1,3-5,7-8H2. The zero-order valence-electron chi connectivity index (χ0n) is 10.3. The summed E-state index contributed by atoms with van der Waals surface area (Å²) in [6.07, 6.45) is 8.16. The van der Waals surface area contributed by atoms with Crippen LogP contribution in [0.5, 0.6) is 0 Å². The van der Waals surface area contributed by atoms with E-state index >= 15 is 0 Å². The maximum Gasteiger partial charge on any atom is 0.0835 e. The summed E-state index contributed by atoms with van der Waals surface area (Å²) in [6.45, 7) is 0.754. The van der Waals surface area contributed by atoms with Crippen molar-refractivity contribution in [3.05, 3.63) is 29.0 Å². The van der Waals surface area contributed by atoms with Crippen LogP contribution in [0.25, 0.3) is 0 Å². The van der Waals surface area contributed by atoms with E-state index in [1.807, 2.05) is 6.07 Å². The Hall–Kier alpha value is -0.640. The van der Waals surface area contributed by atoms with Crippen molar-refractivity contribution in [1.82, 2.24) is 4.98 Å². The van der Waals surface area contributed by atoms with Gasteiger partial charge >= 0.3 is 0 Å². The minimum absolute atomic E-state index is 0.0589. The average Bonchev–Trinajstić information content (AvgIpc) is 2.37. The van der Waals surface area contributed by atoms with Crippen molar-refractivity contribution in [2.75, 3.05) is 6.61 Å². The van der Waals surface area contributed by atoms with Gasteiger partial charge in [0.1, 0.15) is 0 Å². The second kappa shape index (κ2) is 4.80. The lowest BCUT2D eigenvalue weighted by Crippen LogP contribution is -2.46. The van der Waals surface area contributed by atoms with E-state index in [1.54, 1.807) is 12.4 Å². The van der Waals surface area contributed by atoms with E-state index in [9.17, 15) is 5.11 Å². The first-order chi connectivity index (χ1) is 8.70. The monoisotopic (exact) mass is 267 g/mol. The fourth-order valence-electron chi connectivity index (χ4n) is 3.13. The van der Waals surface area contributed by atoms with Crippen LogP contribution in [0.15, 0.2) is 18.5 Å². The van der Waals surface area contributed by atoms with Gasteiger partial charge in [-0.1, -0.05) is 11.6 Å². The highest BCUT2D eigenvalue weighted by molar-refractivity contribution is 6.31. The lowest BCUT2D eigenvalue weighted by molar-refractivity contribution is -0.157. The van der Waals surface area contributed by atoms with Gasteiger partial charge in [0, 0.05) is 24.6 Å². The number of nitrogens with zero attached hydrogens (tertiary/aromatic N) is 1. The summed E-state index contributed by atoms with van der Waals surface area (Å²) in [5.41, 5.74) is 0.858. The molecule has 0 amide bonds. The van der Waals surface area contributed by atoms with Gasteiger partial charge in [0.25, 0.3) is 0 Å². The van der Waals surface area contributed by atoms with Crippen LogP contribution in [0.2, 0.25) is 5.02 Å². The van der Waals surface area contributed by atoms with Crippen LogP contribution in [-0.2, 0) is 4.74 Å². The highest BCUT2D eigenvalue weighted by atomic mass is 35.5. The fraction of sp³-hybridized carbons (Fsp3) is 0.643. The Morgan fingerprint density at radius 1 is 1.50 bits per heavy atom. The van der Waals surface area contributed by atoms with Gasteiger partial charge in [0.2, 0.25) is 0 Å². The molecule has 0 radical (unpaired) electrons. The van der Waals surface area contributed by atoms with Crippen LogP contribution in [-0.4, -0.2) is 22.3 Å². The summed E-state index contributed by atoms with van der Waals surface area (Å²) < 4.78 is 5.89. The van der Waals surface area contributed by atoms with Crippen molar-refractivity contribution < 1.29 is 9.84 Å². The lowest BCUT2D eigenvalue weighted by atomic mass is 9.70. The third-order valence-corrected chi connectivity index (χ3v) is 4.68. The second-order valence-corrected chi connectivity index (χ2v) is 5.89. The van der Waals surface area contributed by atoms with Crippen LogP contribution in [0.1, 0.15) is 43.8 Å². The van der Waals surface area contributed by atoms with Gasteiger partial charge in [-0.25, -0.2) is 0 Å². The van der Waals surface area contributed by atoms with Crippen molar-refractivity contribution in [1.29, 1.82) is 0 Å². The first kappa shape index (κ1) is 12.4. The van der Waals surface area contributed by atoms with Gasteiger partial charge < -0.3 is 9.84 Å². The molecule has 1 aromatic rings. The Balaban J connectivity index is 1.76. The van der Waals surface area contributed by atoms with E-state index in [0.717, 1.165) is 37.9 Å². The molecule has 18 heavy (non-hydrogen) atoms. The van der Waals surface area contributed by atoms with Crippen LogP contribution in [0.4, 0.5) is 0 Å². The molecule has 1 saturated heterocycles. The summed E-state index contributed by atoms with van der Waals surface area (Å²) >= 11 is 6.10. The molecule has 1 aliphatic carbocycles. The summed E-state index contributed by atoms with van der Waals surface area (Å²) in [4.78, 5) is 3.96. The second-order valence-electron chi connectivity index (χ2n) is 5.48. The van der Waals surface area contributed by atoms with Crippen molar-refractivity contribution in [2.24, 2.45) is 5.92 Å². The maximum atomic E-state index is 10.5. The lowest BCUT2D eigenvalue weighted by Gasteiger charge is -2.48. The number of hydrogen-bond donors (Lipinski definition) is 1. The van der Waals surface area contributed by atoms with E-state index in [4.69, 9.17) is 16.3 Å². The molecule has 3 nitrogen and oxygen atoms in total. The first-order valence-electron chi connectivity index (χ1n) is 6.62. The minimum atomic E-state index is -0.498. The fourth-order valence-corrected chi connectivity index (χ4v) is 3.37. The minimum Gasteiger partial charge on any atom is -0.388 e. The van der Waals surface area contributed by atoms with Gasteiger partial charge in [-0.05, 0) is 44.1 Å². The Morgan fingerprint density at radius 3 is 3.00 bits per heavy atom. The molecular weight excluding hydrogens is 250 g/mol. The molecule has 0 aromatic carbocycles. The number of hydrogen-bond acceptors (Lipinski definition) is 3. The van der Waals surface area contributed by atoms with Gasteiger partial charge in [-0.2, -0.15) is 0 Å². The summed E-state index contributed by atoms with van der Waals surface area (Å²) in [5, 5.41) is 11.1. The molecule has 2 atom stereocenters. The Bertz CT molecular complexity index is 434. The van der Waals surface area contributed by atoms with Gasteiger partial charge in [0.05, 0.1) is 16.7 Å². The predicted octanol–water partition coefficient (Wildman–Crippen LogP) is 3.12. The van der Waals surface area contributed by atoms with Gasteiger partial charge in [-0.3, -0.25) is 4.98 Å². The van der Waals surface area contributed by atoms with Crippen LogP contribution in [0.3, 0.4) is 0 Å². The summed E-state index contributed by atoms with van der Waals surface area (Å²) in [5.74, 6) is 0.249. The zero-order chi connectivity index (χ0) is 12.6. The first-order valence-corrected chi connectivity index (χ1v) is 6.99. The molecule has 1 aliphatic heterocycles. The third-order valence-electron chi connectivity index (χ3n) is 4.36. The zero-order valence-corrected chi connectivity index (χ0v) is 11.1. The topological polar surface area (TPSA) is 42.4 Å². The molecule has 1 saturated carbocycles. The predicted molar refractivity (Wildman–Crippen MR) is 69.5 cm³/mol. The highest BCUT2D eigenvalue weighted by Gasteiger charge is 2.44. The SMILES string of the molecule is OC(c1ccncc1Cl)C1CCOC2(CCC2)C1. The van der Waals surface area contributed by atoms with E-state index in [1.165, 1.54) is 6.42 Å². The molecule has 2 fully saturated rings. The molecule has 1 spiro atoms. The van der Waals surface area contributed by atoms with Crippen molar-refractivity contribution in [3.63, 3.8) is 0 Å². The molecule has 2 unspecified atom stereocenters. The van der Waals surface area contributed by atoms with Crippen LogP contribution in [0, 0.1) is 5.92 Å². The normalized spacial score (nSPS) is 27.8. The summed E-state index contributed by atoms with van der Waals surface area (Å²) in [7, 11) is 0. The van der Waals surface area contributed by atoms with Crippen molar-refractivity contribution in [3.8, 4) is 0 Å². The van der Waals surface area contributed by atoms with Gasteiger partial charge in [0.15, 0.2) is 0 Å². The van der Waals surface area contributed by atoms with Gasteiger partial charge in [-0.15, -0.1) is 0 Å². The highest BCUT2D eigenvalue weighted by Crippen LogP contribution is 2.47. The van der Waals surface area contributed by atoms with Crippen molar-refractivity contribution >= 4 is 11.6 Å². The molecule has 2 aliphatic rings. The molecule has 1 aromatic heterocycles.